The summed E-state index contributed by atoms with van der Waals surface area (Å²) >= 11 is 5.73. The second kappa shape index (κ2) is 5.56. The lowest BCUT2D eigenvalue weighted by atomic mass is 10.1. The van der Waals surface area contributed by atoms with Crippen LogP contribution in [0.2, 0.25) is 5.02 Å². The van der Waals surface area contributed by atoms with Crippen molar-refractivity contribution in [2.75, 3.05) is 0 Å². The normalized spacial score (nSPS) is 11.5. The van der Waals surface area contributed by atoms with Gasteiger partial charge < -0.3 is 5.11 Å². The average molecular weight is 225 g/mol. The molecule has 0 aliphatic rings. The second-order valence-corrected chi connectivity index (χ2v) is 3.71. The van der Waals surface area contributed by atoms with Crippen molar-refractivity contribution >= 4 is 23.6 Å². The first-order valence-electron chi connectivity index (χ1n) is 4.83. The summed E-state index contributed by atoms with van der Waals surface area (Å²) in [5, 5.41) is 9.58. The number of carboxylic acids is 1. The summed E-state index contributed by atoms with van der Waals surface area (Å²) in [6.45, 7) is 1.96. The Morgan fingerprint density at radius 3 is 2.47 bits per heavy atom. The van der Waals surface area contributed by atoms with Crippen molar-refractivity contribution in [3.05, 3.63) is 40.4 Å². The van der Waals surface area contributed by atoms with E-state index in [-0.39, 0.29) is 0 Å². The van der Waals surface area contributed by atoms with Crippen molar-refractivity contribution in [3.63, 3.8) is 0 Å². The molecular weight excluding hydrogens is 212 g/mol. The highest BCUT2D eigenvalue weighted by atomic mass is 35.5. The first-order valence-corrected chi connectivity index (χ1v) is 5.20. The molecule has 15 heavy (non-hydrogen) atoms. The molecule has 1 aromatic rings. The molecule has 0 aromatic heterocycles. The minimum atomic E-state index is -0.855. The smallest absolute Gasteiger partial charge is 0.331 e. The van der Waals surface area contributed by atoms with Crippen LogP contribution >= 0.6 is 11.6 Å². The summed E-state index contributed by atoms with van der Waals surface area (Å²) in [7, 11) is 0. The third-order valence-electron chi connectivity index (χ3n) is 2.00. The molecule has 0 saturated heterocycles. The van der Waals surface area contributed by atoms with E-state index in [0.29, 0.717) is 17.0 Å². The van der Waals surface area contributed by atoms with Crippen LogP contribution in [-0.4, -0.2) is 11.1 Å². The number of carbonyl (C=O) groups is 1. The van der Waals surface area contributed by atoms with Crippen molar-refractivity contribution in [1.82, 2.24) is 0 Å². The maximum Gasteiger partial charge on any atom is 0.331 e. The molecule has 0 saturated carbocycles. The largest absolute Gasteiger partial charge is 0.478 e. The molecule has 0 heterocycles. The Kier molecular flexibility index (Phi) is 4.37. The third-order valence-corrected chi connectivity index (χ3v) is 2.26. The highest BCUT2D eigenvalue weighted by molar-refractivity contribution is 6.30. The van der Waals surface area contributed by atoms with E-state index in [1.807, 2.05) is 6.92 Å². The van der Waals surface area contributed by atoms with E-state index in [0.717, 1.165) is 12.0 Å². The SMILES string of the molecule is CCC/C(=C\c1ccc(Cl)cc1)C(=O)O. The molecule has 0 unspecified atom stereocenters. The molecule has 0 amide bonds. The molecule has 0 spiro atoms. The number of benzene rings is 1. The number of hydrogen-bond donors (Lipinski definition) is 1. The number of halogens is 1. The maximum absolute atomic E-state index is 10.9. The quantitative estimate of drug-likeness (QED) is 0.794. The van der Waals surface area contributed by atoms with Crippen LogP contribution in [0.15, 0.2) is 29.8 Å². The van der Waals surface area contributed by atoms with E-state index in [2.05, 4.69) is 0 Å². The van der Waals surface area contributed by atoms with Gasteiger partial charge in [0.2, 0.25) is 0 Å². The first-order chi connectivity index (χ1) is 7.13. The fraction of sp³-hybridized carbons (Fsp3) is 0.250. The van der Waals surface area contributed by atoms with Gasteiger partial charge in [0.15, 0.2) is 0 Å². The van der Waals surface area contributed by atoms with Gasteiger partial charge in [0, 0.05) is 10.6 Å². The Morgan fingerprint density at radius 2 is 2.00 bits per heavy atom. The zero-order chi connectivity index (χ0) is 11.3. The van der Waals surface area contributed by atoms with Crippen LogP contribution in [0.4, 0.5) is 0 Å². The van der Waals surface area contributed by atoms with Crippen molar-refractivity contribution in [2.24, 2.45) is 0 Å². The zero-order valence-electron chi connectivity index (χ0n) is 8.53. The van der Waals surface area contributed by atoms with Crippen LogP contribution in [-0.2, 0) is 4.79 Å². The fourth-order valence-corrected chi connectivity index (χ4v) is 1.40. The van der Waals surface area contributed by atoms with Gasteiger partial charge >= 0.3 is 5.97 Å². The van der Waals surface area contributed by atoms with E-state index < -0.39 is 5.97 Å². The highest BCUT2D eigenvalue weighted by Crippen LogP contribution is 2.15. The van der Waals surface area contributed by atoms with Crippen LogP contribution < -0.4 is 0 Å². The monoisotopic (exact) mass is 224 g/mol. The highest BCUT2D eigenvalue weighted by Gasteiger charge is 2.05. The summed E-state index contributed by atoms with van der Waals surface area (Å²) in [6, 6.07) is 7.11. The van der Waals surface area contributed by atoms with Gasteiger partial charge in [-0.3, -0.25) is 0 Å². The van der Waals surface area contributed by atoms with Crippen molar-refractivity contribution in [1.29, 1.82) is 0 Å². The van der Waals surface area contributed by atoms with Crippen molar-refractivity contribution < 1.29 is 9.90 Å². The predicted octanol–water partition coefficient (Wildman–Crippen LogP) is 3.61. The van der Waals surface area contributed by atoms with Crippen LogP contribution in [0, 0.1) is 0 Å². The number of rotatable bonds is 4. The Balaban J connectivity index is 2.91. The lowest BCUT2D eigenvalue weighted by Crippen LogP contribution is -1.99. The predicted molar refractivity (Wildman–Crippen MR) is 62.0 cm³/mol. The Labute approximate surface area is 94.2 Å². The van der Waals surface area contributed by atoms with Gasteiger partial charge in [-0.1, -0.05) is 37.1 Å². The Morgan fingerprint density at radius 1 is 1.40 bits per heavy atom. The van der Waals surface area contributed by atoms with Crippen molar-refractivity contribution in [3.8, 4) is 0 Å². The van der Waals surface area contributed by atoms with Gasteiger partial charge in [-0.15, -0.1) is 0 Å². The van der Waals surface area contributed by atoms with Gasteiger partial charge in [-0.2, -0.15) is 0 Å². The average Bonchev–Trinajstić information content (AvgIpc) is 2.20. The lowest BCUT2D eigenvalue weighted by Gasteiger charge is -2.00. The summed E-state index contributed by atoms with van der Waals surface area (Å²) in [5.74, 6) is -0.855. The van der Waals surface area contributed by atoms with Crippen LogP contribution in [0.5, 0.6) is 0 Å². The van der Waals surface area contributed by atoms with Gasteiger partial charge in [0.05, 0.1) is 0 Å². The molecule has 3 heteroatoms. The molecule has 1 rings (SSSR count). The summed E-state index contributed by atoms with van der Waals surface area (Å²) in [5.41, 5.74) is 1.30. The maximum atomic E-state index is 10.9. The third kappa shape index (κ3) is 3.76. The van der Waals surface area contributed by atoms with E-state index >= 15 is 0 Å². The number of aliphatic carboxylic acids is 1. The molecule has 0 aliphatic carbocycles. The van der Waals surface area contributed by atoms with Crippen LogP contribution in [0.3, 0.4) is 0 Å². The van der Waals surface area contributed by atoms with Gasteiger partial charge in [0.1, 0.15) is 0 Å². The zero-order valence-corrected chi connectivity index (χ0v) is 9.29. The van der Waals surface area contributed by atoms with Crippen LogP contribution in [0.1, 0.15) is 25.3 Å². The molecule has 1 aromatic carbocycles. The summed E-state index contributed by atoms with van der Waals surface area (Å²) < 4.78 is 0. The second-order valence-electron chi connectivity index (χ2n) is 3.28. The molecule has 0 fully saturated rings. The first kappa shape index (κ1) is 11.8. The van der Waals surface area contributed by atoms with E-state index in [1.165, 1.54) is 0 Å². The molecule has 80 valence electrons. The topological polar surface area (TPSA) is 37.3 Å². The standard InChI is InChI=1S/C12H13ClO2/c1-2-3-10(12(14)15)8-9-4-6-11(13)7-5-9/h4-8H,2-3H2,1H3,(H,14,15)/b10-8+. The van der Waals surface area contributed by atoms with E-state index in [4.69, 9.17) is 16.7 Å². The number of carboxylic acid groups (broad SMARTS) is 1. The minimum Gasteiger partial charge on any atom is -0.478 e. The summed E-state index contributed by atoms with van der Waals surface area (Å²) in [6.07, 6.45) is 3.09. The van der Waals surface area contributed by atoms with E-state index in [9.17, 15) is 4.79 Å². The molecule has 0 bridgehead atoms. The van der Waals surface area contributed by atoms with Crippen LogP contribution in [0.25, 0.3) is 6.08 Å². The fourth-order valence-electron chi connectivity index (χ4n) is 1.27. The van der Waals surface area contributed by atoms with Gasteiger partial charge in [-0.05, 0) is 30.2 Å². The molecule has 1 N–H and O–H groups in total. The molecule has 0 aliphatic heterocycles. The van der Waals surface area contributed by atoms with Crippen molar-refractivity contribution in [2.45, 2.75) is 19.8 Å². The summed E-state index contributed by atoms with van der Waals surface area (Å²) in [4.78, 5) is 10.9. The molecule has 0 atom stereocenters. The lowest BCUT2D eigenvalue weighted by molar-refractivity contribution is -0.132. The Hall–Kier alpha value is -1.28. The molecule has 0 radical (unpaired) electrons. The Bertz CT molecular complexity index is 366. The minimum absolute atomic E-state index is 0.430. The number of hydrogen-bond acceptors (Lipinski definition) is 1. The molecule has 2 nitrogen and oxygen atoms in total. The molecular formula is C12H13ClO2. The van der Waals surface area contributed by atoms with Gasteiger partial charge in [-0.25, -0.2) is 4.79 Å². The van der Waals surface area contributed by atoms with Gasteiger partial charge in [0.25, 0.3) is 0 Å². The van der Waals surface area contributed by atoms with E-state index in [1.54, 1.807) is 30.3 Å².